The van der Waals surface area contributed by atoms with Crippen LogP contribution < -0.4 is 5.32 Å². The van der Waals surface area contributed by atoms with Crippen LogP contribution in [0.1, 0.15) is 38.8 Å². The zero-order valence-electron chi connectivity index (χ0n) is 8.75. The minimum absolute atomic E-state index is 0.501. The van der Waals surface area contributed by atoms with Crippen LogP contribution in [0.2, 0.25) is 0 Å². The fourth-order valence-electron chi connectivity index (χ4n) is 1.54. The second kappa shape index (κ2) is 5.03. The maximum absolute atomic E-state index is 3.55. The second-order valence-electron chi connectivity index (χ2n) is 3.69. The zero-order chi connectivity index (χ0) is 9.68. The molecule has 0 unspecified atom stereocenters. The standard InChI is InChI=1S/C12H19N/c1-4-12(13-10(2)3)11-8-6-5-7-9-11/h5-10,12-13H,4H2,1-3H3/t12-/m0/s1. The van der Waals surface area contributed by atoms with Crippen molar-refractivity contribution in [1.29, 1.82) is 0 Å². The van der Waals surface area contributed by atoms with Crippen LogP contribution in [-0.4, -0.2) is 6.04 Å². The Hall–Kier alpha value is -0.820. The van der Waals surface area contributed by atoms with Gasteiger partial charge in [-0.1, -0.05) is 51.1 Å². The van der Waals surface area contributed by atoms with E-state index in [2.05, 4.69) is 56.4 Å². The predicted molar refractivity (Wildman–Crippen MR) is 57.7 cm³/mol. The van der Waals surface area contributed by atoms with Crippen LogP contribution in [0.15, 0.2) is 30.3 Å². The van der Waals surface area contributed by atoms with Gasteiger partial charge in [-0.25, -0.2) is 0 Å². The van der Waals surface area contributed by atoms with Crippen molar-refractivity contribution in [2.45, 2.75) is 39.3 Å². The van der Waals surface area contributed by atoms with Gasteiger partial charge in [-0.15, -0.1) is 0 Å². The molecular formula is C12H19N. The molecule has 0 aliphatic heterocycles. The van der Waals surface area contributed by atoms with Gasteiger partial charge in [-0.05, 0) is 12.0 Å². The van der Waals surface area contributed by atoms with Crippen LogP contribution in [0.25, 0.3) is 0 Å². The third-order valence-corrected chi connectivity index (χ3v) is 2.14. The molecule has 13 heavy (non-hydrogen) atoms. The van der Waals surface area contributed by atoms with Gasteiger partial charge in [0, 0.05) is 12.1 Å². The summed E-state index contributed by atoms with van der Waals surface area (Å²) in [4.78, 5) is 0. The van der Waals surface area contributed by atoms with Gasteiger partial charge in [0.05, 0.1) is 0 Å². The van der Waals surface area contributed by atoms with Crippen molar-refractivity contribution in [1.82, 2.24) is 5.32 Å². The van der Waals surface area contributed by atoms with E-state index in [-0.39, 0.29) is 0 Å². The third kappa shape index (κ3) is 3.19. The summed E-state index contributed by atoms with van der Waals surface area (Å²) in [6.45, 7) is 6.59. The molecule has 1 nitrogen and oxygen atoms in total. The minimum Gasteiger partial charge on any atom is -0.308 e. The summed E-state index contributed by atoms with van der Waals surface area (Å²) in [5.74, 6) is 0. The Morgan fingerprint density at radius 2 is 1.77 bits per heavy atom. The van der Waals surface area contributed by atoms with Crippen molar-refractivity contribution in [3.8, 4) is 0 Å². The summed E-state index contributed by atoms with van der Waals surface area (Å²) in [7, 11) is 0. The summed E-state index contributed by atoms with van der Waals surface area (Å²) in [6.07, 6.45) is 1.14. The molecule has 0 radical (unpaired) electrons. The number of hydrogen-bond donors (Lipinski definition) is 1. The predicted octanol–water partition coefficient (Wildman–Crippen LogP) is 3.14. The maximum Gasteiger partial charge on any atom is 0.0319 e. The van der Waals surface area contributed by atoms with E-state index < -0.39 is 0 Å². The second-order valence-corrected chi connectivity index (χ2v) is 3.69. The van der Waals surface area contributed by atoms with Crippen molar-refractivity contribution in [2.24, 2.45) is 0 Å². The van der Waals surface area contributed by atoms with Crippen molar-refractivity contribution in [3.05, 3.63) is 35.9 Å². The summed E-state index contributed by atoms with van der Waals surface area (Å²) < 4.78 is 0. The van der Waals surface area contributed by atoms with E-state index in [1.54, 1.807) is 0 Å². The van der Waals surface area contributed by atoms with Gasteiger partial charge in [0.2, 0.25) is 0 Å². The quantitative estimate of drug-likeness (QED) is 0.745. The molecule has 0 aromatic heterocycles. The summed E-state index contributed by atoms with van der Waals surface area (Å²) >= 11 is 0. The first-order chi connectivity index (χ1) is 6.24. The van der Waals surface area contributed by atoms with E-state index in [9.17, 15) is 0 Å². The van der Waals surface area contributed by atoms with E-state index in [0.717, 1.165) is 6.42 Å². The maximum atomic E-state index is 3.55. The van der Waals surface area contributed by atoms with E-state index in [4.69, 9.17) is 0 Å². The monoisotopic (exact) mass is 177 g/mol. The molecule has 0 saturated heterocycles. The molecule has 1 aromatic carbocycles. The van der Waals surface area contributed by atoms with Gasteiger partial charge in [0.25, 0.3) is 0 Å². The van der Waals surface area contributed by atoms with Gasteiger partial charge in [-0.2, -0.15) is 0 Å². The van der Waals surface area contributed by atoms with E-state index in [1.165, 1.54) is 5.56 Å². The molecule has 1 aromatic rings. The summed E-state index contributed by atoms with van der Waals surface area (Å²) in [5, 5.41) is 3.55. The molecule has 72 valence electrons. The van der Waals surface area contributed by atoms with Gasteiger partial charge in [0.1, 0.15) is 0 Å². The number of benzene rings is 1. The highest BCUT2D eigenvalue weighted by molar-refractivity contribution is 5.18. The zero-order valence-corrected chi connectivity index (χ0v) is 8.75. The lowest BCUT2D eigenvalue weighted by Crippen LogP contribution is -2.27. The molecule has 0 bridgehead atoms. The fraction of sp³-hybridized carbons (Fsp3) is 0.500. The number of rotatable bonds is 4. The van der Waals surface area contributed by atoms with E-state index in [0.29, 0.717) is 12.1 Å². The smallest absolute Gasteiger partial charge is 0.0319 e. The number of hydrogen-bond acceptors (Lipinski definition) is 1. The van der Waals surface area contributed by atoms with Crippen LogP contribution in [-0.2, 0) is 0 Å². The fourth-order valence-corrected chi connectivity index (χ4v) is 1.54. The normalized spacial score (nSPS) is 13.2. The molecule has 0 amide bonds. The van der Waals surface area contributed by atoms with E-state index in [1.807, 2.05) is 0 Å². The van der Waals surface area contributed by atoms with Crippen LogP contribution in [0.5, 0.6) is 0 Å². The Kier molecular flexibility index (Phi) is 3.97. The molecule has 0 fully saturated rings. The Bertz CT molecular complexity index is 228. The molecule has 0 heterocycles. The first-order valence-electron chi connectivity index (χ1n) is 5.05. The highest BCUT2D eigenvalue weighted by atomic mass is 14.9. The summed E-state index contributed by atoms with van der Waals surface area (Å²) in [6, 6.07) is 11.7. The van der Waals surface area contributed by atoms with Crippen molar-refractivity contribution < 1.29 is 0 Å². The molecule has 0 aliphatic rings. The van der Waals surface area contributed by atoms with Crippen molar-refractivity contribution in [3.63, 3.8) is 0 Å². The average molecular weight is 177 g/mol. The Morgan fingerprint density at radius 1 is 1.15 bits per heavy atom. The van der Waals surface area contributed by atoms with E-state index >= 15 is 0 Å². The van der Waals surface area contributed by atoms with Crippen LogP contribution in [0.4, 0.5) is 0 Å². The first-order valence-corrected chi connectivity index (χ1v) is 5.05. The largest absolute Gasteiger partial charge is 0.308 e. The van der Waals surface area contributed by atoms with Crippen molar-refractivity contribution >= 4 is 0 Å². The Morgan fingerprint density at radius 3 is 2.23 bits per heavy atom. The molecule has 0 aliphatic carbocycles. The SMILES string of the molecule is CC[C@H](NC(C)C)c1ccccc1. The molecule has 1 N–H and O–H groups in total. The first kappa shape index (κ1) is 10.3. The highest BCUT2D eigenvalue weighted by Crippen LogP contribution is 2.16. The minimum atomic E-state index is 0.501. The molecule has 1 rings (SSSR count). The molecule has 1 heteroatoms. The van der Waals surface area contributed by atoms with Gasteiger partial charge < -0.3 is 5.32 Å². The van der Waals surface area contributed by atoms with Crippen molar-refractivity contribution in [2.75, 3.05) is 0 Å². The van der Waals surface area contributed by atoms with Crippen LogP contribution >= 0.6 is 0 Å². The topological polar surface area (TPSA) is 12.0 Å². The summed E-state index contributed by atoms with van der Waals surface area (Å²) in [5.41, 5.74) is 1.39. The Balaban J connectivity index is 2.67. The lowest BCUT2D eigenvalue weighted by atomic mass is 10.0. The Labute approximate surface area is 81.2 Å². The highest BCUT2D eigenvalue weighted by Gasteiger charge is 2.08. The third-order valence-electron chi connectivity index (χ3n) is 2.14. The van der Waals surface area contributed by atoms with Crippen LogP contribution in [0, 0.1) is 0 Å². The molecule has 0 spiro atoms. The van der Waals surface area contributed by atoms with Crippen LogP contribution in [0.3, 0.4) is 0 Å². The average Bonchev–Trinajstić information content (AvgIpc) is 2.15. The molecule has 0 saturated carbocycles. The number of nitrogens with one attached hydrogen (secondary N) is 1. The van der Waals surface area contributed by atoms with Gasteiger partial charge >= 0.3 is 0 Å². The lowest BCUT2D eigenvalue weighted by molar-refractivity contribution is 0.466. The molecule has 1 atom stereocenters. The van der Waals surface area contributed by atoms with Gasteiger partial charge in [-0.3, -0.25) is 0 Å². The molecular weight excluding hydrogens is 158 g/mol. The van der Waals surface area contributed by atoms with Gasteiger partial charge in [0.15, 0.2) is 0 Å². The lowest BCUT2D eigenvalue weighted by Gasteiger charge is -2.19.